The van der Waals surface area contributed by atoms with Crippen LogP contribution in [0.25, 0.3) is 0 Å². The van der Waals surface area contributed by atoms with E-state index in [-0.39, 0.29) is 5.73 Å². The van der Waals surface area contributed by atoms with Crippen LogP contribution in [0.1, 0.15) is 40.0 Å². The molecule has 1 rings (SSSR count). The molecule has 0 aliphatic carbocycles. The van der Waals surface area contributed by atoms with Crippen LogP contribution in [0.3, 0.4) is 0 Å². The van der Waals surface area contributed by atoms with Crippen molar-refractivity contribution < 1.29 is 13.6 Å². The minimum absolute atomic E-state index is 0.246. The van der Waals surface area contributed by atoms with Crippen molar-refractivity contribution in [3.63, 3.8) is 0 Å². The lowest BCUT2D eigenvalue weighted by molar-refractivity contribution is 0.0396. The van der Waals surface area contributed by atoms with Crippen LogP contribution in [-0.2, 0) is 13.6 Å². The number of rotatable bonds is 6. The van der Waals surface area contributed by atoms with Crippen LogP contribution in [0.15, 0.2) is 13.2 Å². The molecule has 3 nitrogen and oxygen atoms in total. The Balaban J connectivity index is 0.00000121. The maximum atomic E-state index is 5.97. The molecule has 17 heavy (non-hydrogen) atoms. The van der Waals surface area contributed by atoms with Gasteiger partial charge in [0.05, 0.1) is 0 Å². The molecule has 1 heterocycles. The highest BCUT2D eigenvalue weighted by Crippen LogP contribution is 2.32. The van der Waals surface area contributed by atoms with E-state index in [2.05, 4.69) is 13.2 Å². The molecule has 0 aromatic rings. The molecule has 0 amide bonds. The Labute approximate surface area is 107 Å². The first-order chi connectivity index (χ1) is 8.29. The van der Waals surface area contributed by atoms with Crippen molar-refractivity contribution in [3.8, 4) is 0 Å². The molecule has 1 aliphatic rings. The maximum Gasteiger partial charge on any atom is 0.368 e. The van der Waals surface area contributed by atoms with E-state index in [9.17, 15) is 0 Å². The SMILES string of the molecule is C=C.CCOC1CCCC[Si]1(OCC)OCC. The van der Waals surface area contributed by atoms with Gasteiger partial charge in [-0.1, -0.05) is 12.8 Å². The fraction of sp³-hybridized carbons (Fsp3) is 0.846. The van der Waals surface area contributed by atoms with Crippen molar-refractivity contribution in [1.82, 2.24) is 0 Å². The zero-order valence-corrected chi connectivity index (χ0v) is 12.7. The topological polar surface area (TPSA) is 27.7 Å². The second-order valence-corrected chi connectivity index (χ2v) is 7.21. The largest absolute Gasteiger partial charge is 0.393 e. The van der Waals surface area contributed by atoms with E-state index in [4.69, 9.17) is 13.6 Å². The van der Waals surface area contributed by atoms with Crippen molar-refractivity contribution in [2.24, 2.45) is 0 Å². The predicted octanol–water partition coefficient (Wildman–Crippen LogP) is 3.43. The van der Waals surface area contributed by atoms with Gasteiger partial charge in [0, 0.05) is 19.8 Å². The van der Waals surface area contributed by atoms with Crippen molar-refractivity contribution in [2.75, 3.05) is 19.8 Å². The average molecular weight is 260 g/mol. The summed E-state index contributed by atoms with van der Waals surface area (Å²) in [6, 6.07) is 1.10. The van der Waals surface area contributed by atoms with E-state index >= 15 is 0 Å². The highest BCUT2D eigenvalue weighted by atomic mass is 28.4. The van der Waals surface area contributed by atoms with Gasteiger partial charge in [0.2, 0.25) is 0 Å². The predicted molar refractivity (Wildman–Crippen MR) is 74.3 cm³/mol. The van der Waals surface area contributed by atoms with E-state index in [0.717, 1.165) is 32.3 Å². The lowest BCUT2D eigenvalue weighted by Crippen LogP contribution is -2.56. The molecule has 0 radical (unpaired) electrons. The van der Waals surface area contributed by atoms with E-state index in [1.165, 1.54) is 12.8 Å². The van der Waals surface area contributed by atoms with E-state index < -0.39 is 8.56 Å². The van der Waals surface area contributed by atoms with Crippen LogP contribution in [0.5, 0.6) is 0 Å². The first-order valence-corrected chi connectivity index (χ1v) is 8.78. The Bertz CT molecular complexity index is 174. The Kier molecular flexibility index (Phi) is 9.73. The molecule has 4 heteroatoms. The van der Waals surface area contributed by atoms with E-state index in [0.29, 0.717) is 0 Å². The number of ether oxygens (including phenoxy) is 1. The van der Waals surface area contributed by atoms with Crippen LogP contribution < -0.4 is 0 Å². The second-order valence-electron chi connectivity index (χ2n) is 3.87. The van der Waals surface area contributed by atoms with Gasteiger partial charge in [-0.25, -0.2) is 0 Å². The maximum absolute atomic E-state index is 5.97. The standard InChI is InChI=1S/C11H24O3Si.C2H4/c1-4-12-11-9-7-8-10-15(11,13-5-2)14-6-3;1-2/h11H,4-10H2,1-3H3;1-2H2. The highest BCUT2D eigenvalue weighted by Gasteiger charge is 2.48. The Morgan fingerprint density at radius 3 is 2.06 bits per heavy atom. The molecule has 102 valence electrons. The third-order valence-electron chi connectivity index (χ3n) is 2.88. The summed E-state index contributed by atoms with van der Waals surface area (Å²) in [7, 11) is -2.06. The van der Waals surface area contributed by atoms with Gasteiger partial charge in [0.1, 0.15) is 5.73 Å². The summed E-state index contributed by atoms with van der Waals surface area (Å²) >= 11 is 0. The number of hydrogen-bond acceptors (Lipinski definition) is 3. The Hall–Kier alpha value is -0.163. The van der Waals surface area contributed by atoms with Crippen LogP contribution >= 0.6 is 0 Å². The minimum atomic E-state index is -2.06. The summed E-state index contributed by atoms with van der Waals surface area (Å²) in [6.45, 7) is 14.4. The molecule has 1 atom stereocenters. The Morgan fingerprint density at radius 2 is 1.59 bits per heavy atom. The van der Waals surface area contributed by atoms with E-state index in [1.807, 2.05) is 20.8 Å². The molecule has 0 aromatic heterocycles. The zero-order chi connectivity index (χ0) is 13.1. The fourth-order valence-corrected chi connectivity index (χ4v) is 6.20. The smallest absolute Gasteiger partial charge is 0.368 e. The van der Waals surface area contributed by atoms with Crippen molar-refractivity contribution in [1.29, 1.82) is 0 Å². The van der Waals surface area contributed by atoms with Crippen molar-refractivity contribution in [2.45, 2.75) is 51.8 Å². The van der Waals surface area contributed by atoms with Gasteiger partial charge in [0.25, 0.3) is 0 Å². The summed E-state index contributed by atoms with van der Waals surface area (Å²) in [6.07, 6.45) is 3.59. The minimum Gasteiger partial charge on any atom is -0.393 e. The second kappa shape index (κ2) is 9.83. The molecule has 1 unspecified atom stereocenters. The summed E-state index contributed by atoms with van der Waals surface area (Å²) in [4.78, 5) is 0. The van der Waals surface area contributed by atoms with Gasteiger partial charge in [0.15, 0.2) is 0 Å². The van der Waals surface area contributed by atoms with Crippen LogP contribution in [0.2, 0.25) is 6.04 Å². The van der Waals surface area contributed by atoms with Crippen LogP contribution in [0.4, 0.5) is 0 Å². The molecule has 0 saturated carbocycles. The van der Waals surface area contributed by atoms with Gasteiger partial charge in [-0.2, -0.15) is 0 Å². The normalized spacial score (nSPS) is 22.6. The van der Waals surface area contributed by atoms with Crippen molar-refractivity contribution >= 4 is 8.56 Å². The van der Waals surface area contributed by atoms with Crippen LogP contribution in [0, 0.1) is 0 Å². The van der Waals surface area contributed by atoms with Crippen LogP contribution in [-0.4, -0.2) is 34.1 Å². The zero-order valence-electron chi connectivity index (χ0n) is 11.7. The van der Waals surface area contributed by atoms with Gasteiger partial charge in [-0.3, -0.25) is 0 Å². The summed E-state index contributed by atoms with van der Waals surface area (Å²) in [5.41, 5.74) is 0.246. The van der Waals surface area contributed by atoms with Gasteiger partial charge in [-0.15, -0.1) is 13.2 Å². The quantitative estimate of drug-likeness (QED) is 0.541. The van der Waals surface area contributed by atoms with Gasteiger partial charge >= 0.3 is 8.56 Å². The monoisotopic (exact) mass is 260 g/mol. The highest BCUT2D eigenvalue weighted by molar-refractivity contribution is 6.69. The molecular weight excluding hydrogens is 232 g/mol. The van der Waals surface area contributed by atoms with E-state index in [1.54, 1.807) is 0 Å². The van der Waals surface area contributed by atoms with Gasteiger partial charge < -0.3 is 13.6 Å². The molecule has 1 saturated heterocycles. The van der Waals surface area contributed by atoms with Gasteiger partial charge in [-0.05, 0) is 33.2 Å². The Morgan fingerprint density at radius 1 is 1.00 bits per heavy atom. The lowest BCUT2D eigenvalue weighted by atomic mass is 10.2. The molecule has 0 bridgehead atoms. The summed E-state index contributed by atoms with van der Waals surface area (Å²) in [5, 5.41) is 0. The third-order valence-corrected chi connectivity index (χ3v) is 6.92. The molecule has 0 spiro atoms. The number of hydrogen-bond donors (Lipinski definition) is 0. The molecule has 0 N–H and O–H groups in total. The van der Waals surface area contributed by atoms with Crippen molar-refractivity contribution in [3.05, 3.63) is 13.2 Å². The third kappa shape index (κ3) is 4.92. The molecular formula is C13H28O3Si. The lowest BCUT2D eigenvalue weighted by Gasteiger charge is -2.39. The average Bonchev–Trinajstić information content (AvgIpc) is 2.36. The summed E-state index contributed by atoms with van der Waals surface area (Å²) < 4.78 is 17.8. The molecule has 1 aliphatic heterocycles. The molecule has 1 fully saturated rings. The fourth-order valence-electron chi connectivity index (χ4n) is 2.35. The summed E-state index contributed by atoms with van der Waals surface area (Å²) in [5.74, 6) is 0. The first kappa shape index (κ1) is 16.8. The molecule has 0 aromatic carbocycles. The first-order valence-electron chi connectivity index (χ1n) is 6.68.